The zero-order valence-corrected chi connectivity index (χ0v) is 13.6. The van der Waals surface area contributed by atoms with Gasteiger partial charge in [0.1, 0.15) is 5.75 Å². The molecule has 1 heterocycles. The van der Waals surface area contributed by atoms with E-state index < -0.39 is 6.10 Å². The first-order chi connectivity index (χ1) is 10.7. The third-order valence-corrected chi connectivity index (χ3v) is 3.92. The first kappa shape index (κ1) is 16.4. The Morgan fingerprint density at radius 1 is 1.32 bits per heavy atom. The fourth-order valence-electron chi connectivity index (χ4n) is 1.93. The molecule has 0 bridgehead atoms. The third-order valence-electron chi connectivity index (χ3n) is 3.18. The van der Waals surface area contributed by atoms with E-state index in [1.54, 1.807) is 31.1 Å². The highest BCUT2D eigenvalue weighted by Gasteiger charge is 2.13. The molecule has 0 radical (unpaired) electrons. The summed E-state index contributed by atoms with van der Waals surface area (Å²) in [6.07, 6.45) is 5.80. The second-order valence-electron chi connectivity index (χ2n) is 4.84. The summed E-state index contributed by atoms with van der Waals surface area (Å²) in [4.78, 5) is 17.2. The lowest BCUT2D eigenvalue weighted by molar-refractivity contribution is -0.127. The topological polar surface area (TPSA) is 51.2 Å². The molecule has 22 heavy (non-hydrogen) atoms. The van der Waals surface area contributed by atoms with Crippen LogP contribution in [0.4, 0.5) is 0 Å². The number of thioether (sulfide) groups is 1. The van der Waals surface area contributed by atoms with Crippen molar-refractivity contribution in [2.45, 2.75) is 24.3 Å². The standard InChI is InChI=1S/C17H20N2O2S/c1-13(21-15-5-7-16(22-2)8-6-15)17(20)19-11-9-14-4-3-10-18-12-14/h3-8,10,12-13H,9,11H2,1-2H3,(H,19,20). The lowest BCUT2D eigenvalue weighted by Crippen LogP contribution is -2.37. The van der Waals surface area contributed by atoms with Gasteiger partial charge in [0.2, 0.25) is 0 Å². The minimum absolute atomic E-state index is 0.113. The number of hydrogen-bond donors (Lipinski definition) is 1. The fraction of sp³-hybridized carbons (Fsp3) is 0.294. The van der Waals surface area contributed by atoms with Crippen LogP contribution in [0.5, 0.6) is 5.75 Å². The maximum Gasteiger partial charge on any atom is 0.260 e. The molecule has 5 heteroatoms. The van der Waals surface area contributed by atoms with Crippen LogP contribution in [0.2, 0.25) is 0 Å². The van der Waals surface area contributed by atoms with Crippen molar-refractivity contribution in [1.82, 2.24) is 10.3 Å². The Morgan fingerprint density at radius 2 is 2.09 bits per heavy atom. The average Bonchev–Trinajstić information content (AvgIpc) is 2.56. The predicted octanol–water partition coefficient (Wildman–Crippen LogP) is 2.93. The van der Waals surface area contributed by atoms with E-state index in [-0.39, 0.29) is 5.91 Å². The van der Waals surface area contributed by atoms with Crippen molar-refractivity contribution >= 4 is 17.7 Å². The van der Waals surface area contributed by atoms with E-state index in [1.807, 2.05) is 42.7 Å². The Morgan fingerprint density at radius 3 is 2.73 bits per heavy atom. The van der Waals surface area contributed by atoms with Crippen molar-refractivity contribution in [2.24, 2.45) is 0 Å². The number of nitrogens with zero attached hydrogens (tertiary/aromatic N) is 1. The lowest BCUT2D eigenvalue weighted by Gasteiger charge is -2.15. The van der Waals surface area contributed by atoms with Gasteiger partial charge in [-0.3, -0.25) is 9.78 Å². The quantitative estimate of drug-likeness (QED) is 0.798. The number of hydrogen-bond acceptors (Lipinski definition) is 4. The molecule has 4 nitrogen and oxygen atoms in total. The summed E-state index contributed by atoms with van der Waals surface area (Å²) in [6, 6.07) is 11.6. The maximum absolute atomic E-state index is 12.0. The number of benzene rings is 1. The SMILES string of the molecule is CSc1ccc(OC(C)C(=O)NCCc2cccnc2)cc1. The second-order valence-corrected chi connectivity index (χ2v) is 5.72. The van der Waals surface area contributed by atoms with Gasteiger partial charge in [-0.05, 0) is 55.5 Å². The van der Waals surface area contributed by atoms with E-state index >= 15 is 0 Å². The molecule has 0 aliphatic carbocycles. The smallest absolute Gasteiger partial charge is 0.260 e. The normalized spacial score (nSPS) is 11.7. The number of pyridine rings is 1. The average molecular weight is 316 g/mol. The molecule has 1 atom stereocenters. The molecule has 0 fully saturated rings. The Hall–Kier alpha value is -2.01. The first-order valence-electron chi connectivity index (χ1n) is 7.16. The number of rotatable bonds is 7. The van der Waals surface area contributed by atoms with Gasteiger partial charge < -0.3 is 10.1 Å². The summed E-state index contributed by atoms with van der Waals surface area (Å²) in [7, 11) is 0. The van der Waals surface area contributed by atoms with Gasteiger partial charge in [0.15, 0.2) is 6.10 Å². The summed E-state index contributed by atoms with van der Waals surface area (Å²) in [5.41, 5.74) is 1.10. The molecule has 1 aromatic carbocycles. The fourth-order valence-corrected chi connectivity index (χ4v) is 2.34. The Labute approximate surface area is 135 Å². The zero-order valence-electron chi connectivity index (χ0n) is 12.8. The number of nitrogens with one attached hydrogen (secondary N) is 1. The van der Waals surface area contributed by atoms with Crippen molar-refractivity contribution < 1.29 is 9.53 Å². The molecule has 2 rings (SSSR count). The van der Waals surface area contributed by atoms with Crippen molar-refractivity contribution in [1.29, 1.82) is 0 Å². The molecule has 1 aromatic heterocycles. The van der Waals surface area contributed by atoms with Crippen LogP contribution in [0, 0.1) is 0 Å². The molecular formula is C17H20N2O2S. The van der Waals surface area contributed by atoms with Gasteiger partial charge >= 0.3 is 0 Å². The molecule has 1 unspecified atom stereocenters. The Bertz CT molecular complexity index is 587. The highest BCUT2D eigenvalue weighted by atomic mass is 32.2. The van der Waals surface area contributed by atoms with Crippen LogP contribution in [0.15, 0.2) is 53.7 Å². The van der Waals surface area contributed by atoms with Crippen molar-refractivity contribution in [2.75, 3.05) is 12.8 Å². The molecule has 1 amide bonds. The molecule has 0 aliphatic heterocycles. The molecular weight excluding hydrogens is 296 g/mol. The summed E-state index contributed by atoms with van der Waals surface area (Å²) >= 11 is 1.67. The van der Waals surface area contributed by atoms with Crippen molar-refractivity contribution in [3.05, 3.63) is 54.4 Å². The van der Waals surface area contributed by atoms with Gasteiger partial charge in [0.05, 0.1) is 0 Å². The van der Waals surface area contributed by atoms with E-state index in [0.29, 0.717) is 12.3 Å². The minimum atomic E-state index is -0.519. The van der Waals surface area contributed by atoms with Gasteiger partial charge in [-0.25, -0.2) is 0 Å². The predicted molar refractivity (Wildman–Crippen MR) is 89.3 cm³/mol. The summed E-state index contributed by atoms with van der Waals surface area (Å²) in [5, 5.41) is 2.88. The largest absolute Gasteiger partial charge is 0.481 e. The summed E-state index contributed by atoms with van der Waals surface area (Å²) in [6.45, 7) is 2.32. The number of amides is 1. The van der Waals surface area contributed by atoms with Crippen molar-refractivity contribution in [3.8, 4) is 5.75 Å². The molecule has 0 spiro atoms. The first-order valence-corrected chi connectivity index (χ1v) is 8.39. The van der Waals surface area contributed by atoms with Crippen LogP contribution in [0.1, 0.15) is 12.5 Å². The summed E-state index contributed by atoms with van der Waals surface area (Å²) < 4.78 is 5.64. The molecule has 116 valence electrons. The van der Waals surface area contributed by atoms with Gasteiger partial charge in [0, 0.05) is 23.8 Å². The summed E-state index contributed by atoms with van der Waals surface area (Å²) in [5.74, 6) is 0.588. The Balaban J connectivity index is 1.76. The van der Waals surface area contributed by atoms with Crippen LogP contribution in [-0.2, 0) is 11.2 Å². The number of aromatic nitrogens is 1. The number of carbonyl (C=O) groups excluding carboxylic acids is 1. The van der Waals surface area contributed by atoms with Crippen LogP contribution in [0.25, 0.3) is 0 Å². The van der Waals surface area contributed by atoms with Gasteiger partial charge in [0.25, 0.3) is 5.91 Å². The Kier molecular flexibility index (Phi) is 6.27. The molecule has 0 aliphatic rings. The van der Waals surface area contributed by atoms with Gasteiger partial charge in [-0.1, -0.05) is 6.07 Å². The van der Waals surface area contributed by atoms with Gasteiger partial charge in [-0.15, -0.1) is 11.8 Å². The monoisotopic (exact) mass is 316 g/mol. The zero-order chi connectivity index (χ0) is 15.8. The van der Waals surface area contributed by atoms with Crippen LogP contribution in [0.3, 0.4) is 0 Å². The van der Waals surface area contributed by atoms with E-state index in [1.165, 1.54) is 4.90 Å². The van der Waals surface area contributed by atoms with Crippen molar-refractivity contribution in [3.63, 3.8) is 0 Å². The lowest BCUT2D eigenvalue weighted by atomic mass is 10.2. The molecule has 0 saturated heterocycles. The highest BCUT2D eigenvalue weighted by Crippen LogP contribution is 2.19. The van der Waals surface area contributed by atoms with E-state index in [9.17, 15) is 4.79 Å². The molecule has 0 saturated carbocycles. The number of carbonyl (C=O) groups is 1. The highest BCUT2D eigenvalue weighted by molar-refractivity contribution is 7.98. The number of ether oxygens (including phenoxy) is 1. The van der Waals surface area contributed by atoms with E-state index in [0.717, 1.165) is 12.0 Å². The third kappa shape index (κ3) is 5.07. The maximum atomic E-state index is 12.0. The second kappa shape index (κ2) is 8.44. The molecule has 2 aromatic rings. The molecule has 1 N–H and O–H groups in total. The van der Waals surface area contributed by atoms with Gasteiger partial charge in [-0.2, -0.15) is 0 Å². The van der Waals surface area contributed by atoms with Crippen LogP contribution in [-0.4, -0.2) is 29.8 Å². The van der Waals surface area contributed by atoms with Crippen LogP contribution < -0.4 is 10.1 Å². The van der Waals surface area contributed by atoms with E-state index in [2.05, 4.69) is 10.3 Å². The van der Waals surface area contributed by atoms with Crippen LogP contribution >= 0.6 is 11.8 Å². The van der Waals surface area contributed by atoms with E-state index in [4.69, 9.17) is 4.74 Å². The minimum Gasteiger partial charge on any atom is -0.481 e.